The predicted molar refractivity (Wildman–Crippen MR) is 86.7 cm³/mol. The zero-order valence-corrected chi connectivity index (χ0v) is 12.9. The Morgan fingerprint density at radius 3 is 2.86 bits per heavy atom. The van der Waals surface area contributed by atoms with E-state index in [0.29, 0.717) is 24.9 Å². The molecule has 0 unspecified atom stereocenters. The minimum absolute atomic E-state index is 0.0645. The van der Waals surface area contributed by atoms with E-state index in [2.05, 4.69) is 5.38 Å². The van der Waals surface area contributed by atoms with Crippen LogP contribution in [0.2, 0.25) is 0 Å². The number of anilines is 1. The number of aromatic carboxylic acids is 1. The van der Waals surface area contributed by atoms with Crippen LogP contribution in [0.4, 0.5) is 5.69 Å². The molecule has 0 atom stereocenters. The van der Waals surface area contributed by atoms with Crippen LogP contribution < -0.4 is 4.90 Å². The second kappa shape index (κ2) is 6.32. The number of carbonyl (C=O) groups excluding carboxylic acids is 1. The molecule has 0 saturated heterocycles. The highest BCUT2D eigenvalue weighted by atomic mass is 32.1. The number of hydrogen-bond donors (Lipinski definition) is 1. The molecule has 0 saturated carbocycles. The second-order valence-electron chi connectivity index (χ2n) is 5.39. The highest BCUT2D eigenvalue weighted by molar-refractivity contribution is 7.07. The van der Waals surface area contributed by atoms with Crippen LogP contribution in [-0.2, 0) is 17.6 Å². The summed E-state index contributed by atoms with van der Waals surface area (Å²) in [4.78, 5) is 25.6. The number of carboxylic acid groups (broad SMARTS) is 1. The van der Waals surface area contributed by atoms with Gasteiger partial charge in [-0.15, -0.1) is 0 Å². The fourth-order valence-electron chi connectivity index (χ4n) is 2.91. The van der Waals surface area contributed by atoms with Gasteiger partial charge in [0.2, 0.25) is 5.91 Å². The molecule has 2 heterocycles. The van der Waals surface area contributed by atoms with Gasteiger partial charge < -0.3 is 10.0 Å². The molecule has 0 radical (unpaired) electrons. The summed E-state index contributed by atoms with van der Waals surface area (Å²) in [6.45, 7) is 0.665. The number of carbonyl (C=O) groups is 2. The van der Waals surface area contributed by atoms with Crippen molar-refractivity contribution >= 4 is 28.9 Å². The summed E-state index contributed by atoms with van der Waals surface area (Å²) in [5.41, 5.74) is 3.04. The molecule has 0 spiro atoms. The van der Waals surface area contributed by atoms with Crippen molar-refractivity contribution < 1.29 is 14.7 Å². The number of fused-ring (bicyclic) bond motifs is 1. The maximum Gasteiger partial charge on any atom is 0.336 e. The van der Waals surface area contributed by atoms with Crippen LogP contribution in [0.25, 0.3) is 0 Å². The van der Waals surface area contributed by atoms with Crippen molar-refractivity contribution in [1.82, 2.24) is 0 Å². The van der Waals surface area contributed by atoms with E-state index in [1.165, 1.54) is 5.56 Å². The lowest BCUT2D eigenvalue weighted by atomic mass is 9.96. The van der Waals surface area contributed by atoms with Crippen LogP contribution in [0.1, 0.15) is 34.3 Å². The van der Waals surface area contributed by atoms with Crippen LogP contribution in [0.5, 0.6) is 0 Å². The standard InChI is InChI=1S/C17H17NO3S/c19-16(7-6-12-8-10-22-11-12)18-9-2-4-13-14(17(20)21)3-1-5-15(13)18/h1,3,5,8,10-11H,2,4,6-7,9H2,(H,20,21). The summed E-state index contributed by atoms with van der Waals surface area (Å²) >= 11 is 1.63. The van der Waals surface area contributed by atoms with Crippen molar-refractivity contribution in [2.75, 3.05) is 11.4 Å². The molecule has 2 aromatic rings. The predicted octanol–water partition coefficient (Wildman–Crippen LogP) is 3.36. The van der Waals surface area contributed by atoms with Crippen molar-refractivity contribution in [3.05, 3.63) is 51.7 Å². The summed E-state index contributed by atoms with van der Waals surface area (Å²) in [6, 6.07) is 7.21. The third kappa shape index (κ3) is 2.90. The molecule has 3 rings (SSSR count). The van der Waals surface area contributed by atoms with E-state index in [4.69, 9.17) is 0 Å². The van der Waals surface area contributed by atoms with E-state index >= 15 is 0 Å². The second-order valence-corrected chi connectivity index (χ2v) is 6.17. The quantitative estimate of drug-likeness (QED) is 0.941. The van der Waals surface area contributed by atoms with Gasteiger partial charge >= 0.3 is 5.97 Å². The van der Waals surface area contributed by atoms with Crippen molar-refractivity contribution in [2.45, 2.75) is 25.7 Å². The lowest BCUT2D eigenvalue weighted by Gasteiger charge is -2.30. The van der Waals surface area contributed by atoms with Crippen LogP contribution in [0.15, 0.2) is 35.0 Å². The Labute approximate surface area is 133 Å². The molecule has 4 nitrogen and oxygen atoms in total. The smallest absolute Gasteiger partial charge is 0.336 e. The molecule has 1 aliphatic heterocycles. The molecule has 0 aliphatic carbocycles. The van der Waals surface area contributed by atoms with Gasteiger partial charge in [0, 0.05) is 18.7 Å². The number of benzene rings is 1. The molecule has 1 amide bonds. The monoisotopic (exact) mass is 315 g/mol. The zero-order valence-electron chi connectivity index (χ0n) is 12.1. The molecule has 5 heteroatoms. The average molecular weight is 315 g/mol. The van der Waals surface area contributed by atoms with Crippen molar-refractivity contribution in [3.63, 3.8) is 0 Å². The van der Waals surface area contributed by atoms with Gasteiger partial charge in [-0.3, -0.25) is 4.79 Å². The summed E-state index contributed by atoms with van der Waals surface area (Å²) in [6.07, 6.45) is 2.70. The highest BCUT2D eigenvalue weighted by Gasteiger charge is 2.25. The summed E-state index contributed by atoms with van der Waals surface area (Å²) in [5.74, 6) is -0.862. The van der Waals surface area contributed by atoms with Gasteiger partial charge in [-0.05, 0) is 59.3 Å². The molecule has 114 valence electrons. The maximum absolute atomic E-state index is 12.5. The Balaban J connectivity index is 1.80. The van der Waals surface area contributed by atoms with Crippen molar-refractivity contribution in [3.8, 4) is 0 Å². The Morgan fingerprint density at radius 1 is 1.27 bits per heavy atom. The minimum atomic E-state index is -0.926. The normalized spacial score (nSPS) is 13.7. The first-order valence-electron chi connectivity index (χ1n) is 7.33. The van der Waals surface area contributed by atoms with E-state index in [1.807, 2.05) is 17.5 Å². The Hall–Kier alpha value is -2.14. The molecular weight excluding hydrogens is 298 g/mol. The Morgan fingerprint density at radius 2 is 2.14 bits per heavy atom. The molecule has 22 heavy (non-hydrogen) atoms. The van der Waals surface area contributed by atoms with Gasteiger partial charge in [0.05, 0.1) is 5.56 Å². The Kier molecular flexibility index (Phi) is 4.24. The number of nitrogens with zero attached hydrogens (tertiary/aromatic N) is 1. The molecule has 1 aromatic carbocycles. The third-order valence-corrected chi connectivity index (χ3v) is 4.72. The van der Waals surface area contributed by atoms with Gasteiger partial charge in [-0.2, -0.15) is 11.3 Å². The van der Waals surface area contributed by atoms with E-state index in [0.717, 1.165) is 24.1 Å². The lowest BCUT2D eigenvalue weighted by molar-refractivity contribution is -0.118. The molecule has 0 bridgehead atoms. The zero-order chi connectivity index (χ0) is 15.5. The maximum atomic E-state index is 12.5. The molecule has 0 fully saturated rings. The number of rotatable bonds is 4. The first kappa shape index (κ1) is 14.8. The number of amides is 1. The molecule has 1 aliphatic rings. The topological polar surface area (TPSA) is 57.6 Å². The Bertz CT molecular complexity index is 694. The third-order valence-electron chi connectivity index (χ3n) is 3.99. The van der Waals surface area contributed by atoms with Gasteiger partial charge in [0.15, 0.2) is 0 Å². The largest absolute Gasteiger partial charge is 0.478 e. The number of hydrogen-bond acceptors (Lipinski definition) is 3. The fraction of sp³-hybridized carbons (Fsp3) is 0.294. The van der Waals surface area contributed by atoms with Gasteiger partial charge in [-0.1, -0.05) is 6.07 Å². The summed E-state index contributed by atoms with van der Waals surface area (Å²) in [5, 5.41) is 13.4. The van der Waals surface area contributed by atoms with Crippen LogP contribution >= 0.6 is 11.3 Å². The van der Waals surface area contributed by atoms with Crippen molar-refractivity contribution in [2.24, 2.45) is 0 Å². The molecule has 1 aromatic heterocycles. The minimum Gasteiger partial charge on any atom is -0.478 e. The van der Waals surface area contributed by atoms with Gasteiger partial charge in [-0.25, -0.2) is 4.79 Å². The first-order chi connectivity index (χ1) is 10.7. The van der Waals surface area contributed by atoms with E-state index in [-0.39, 0.29) is 5.91 Å². The lowest BCUT2D eigenvalue weighted by Crippen LogP contribution is -2.36. The summed E-state index contributed by atoms with van der Waals surface area (Å²) < 4.78 is 0. The number of thiophene rings is 1. The van der Waals surface area contributed by atoms with Crippen LogP contribution in [-0.4, -0.2) is 23.5 Å². The number of carboxylic acids is 1. The summed E-state index contributed by atoms with van der Waals surface area (Å²) in [7, 11) is 0. The van der Waals surface area contributed by atoms with E-state index in [1.54, 1.807) is 28.4 Å². The average Bonchev–Trinajstić information content (AvgIpc) is 3.04. The fourth-order valence-corrected chi connectivity index (χ4v) is 3.61. The molecule has 1 N–H and O–H groups in total. The van der Waals surface area contributed by atoms with Crippen molar-refractivity contribution in [1.29, 1.82) is 0 Å². The SMILES string of the molecule is O=C(O)c1cccc2c1CCCN2C(=O)CCc1ccsc1. The van der Waals surface area contributed by atoms with Crippen LogP contribution in [0, 0.1) is 0 Å². The van der Waals surface area contributed by atoms with E-state index < -0.39 is 5.97 Å². The highest BCUT2D eigenvalue weighted by Crippen LogP contribution is 2.30. The van der Waals surface area contributed by atoms with Gasteiger partial charge in [0.25, 0.3) is 0 Å². The van der Waals surface area contributed by atoms with E-state index in [9.17, 15) is 14.7 Å². The molecular formula is C17H17NO3S. The number of aryl methyl sites for hydroxylation is 1. The first-order valence-corrected chi connectivity index (χ1v) is 8.27. The van der Waals surface area contributed by atoms with Crippen LogP contribution in [0.3, 0.4) is 0 Å². The van der Waals surface area contributed by atoms with Gasteiger partial charge in [0.1, 0.15) is 0 Å².